The van der Waals surface area contributed by atoms with Crippen molar-refractivity contribution in [2.75, 3.05) is 19.6 Å². The molecule has 1 saturated heterocycles. The Labute approximate surface area is 135 Å². The monoisotopic (exact) mass is 354 g/mol. The highest BCUT2D eigenvalue weighted by atomic mass is 79.9. The maximum Gasteiger partial charge on any atom is 0.129 e. The Morgan fingerprint density at radius 2 is 2.05 bits per heavy atom. The predicted octanol–water partition coefficient (Wildman–Crippen LogP) is 4.26. The summed E-state index contributed by atoms with van der Waals surface area (Å²) >= 11 is 3.35. The molecule has 3 rings (SSSR count). The molecule has 2 fully saturated rings. The van der Waals surface area contributed by atoms with Crippen LogP contribution < -0.4 is 5.32 Å². The number of nitrogens with zero attached hydrogens (tertiary/aromatic N) is 1. The minimum Gasteiger partial charge on any atom is -0.314 e. The largest absolute Gasteiger partial charge is 0.314 e. The number of piperazine rings is 1. The Kier molecular flexibility index (Phi) is 4.67. The van der Waals surface area contributed by atoms with Crippen LogP contribution in [0.25, 0.3) is 0 Å². The van der Waals surface area contributed by atoms with Gasteiger partial charge in [-0.2, -0.15) is 0 Å². The van der Waals surface area contributed by atoms with Gasteiger partial charge in [-0.1, -0.05) is 41.3 Å². The van der Waals surface area contributed by atoms with Gasteiger partial charge < -0.3 is 5.32 Å². The molecule has 4 heteroatoms. The summed E-state index contributed by atoms with van der Waals surface area (Å²) in [6, 6.07) is 5.60. The van der Waals surface area contributed by atoms with Gasteiger partial charge in [-0.15, -0.1) is 0 Å². The minimum absolute atomic E-state index is 0.0960. The van der Waals surface area contributed by atoms with Crippen LogP contribution in [0.2, 0.25) is 0 Å². The third-order valence-electron chi connectivity index (χ3n) is 5.26. The number of hydrogen-bond donors (Lipinski definition) is 1. The molecule has 1 N–H and O–H groups in total. The molecule has 1 unspecified atom stereocenters. The van der Waals surface area contributed by atoms with Crippen molar-refractivity contribution in [2.45, 2.75) is 50.6 Å². The molecule has 0 radical (unpaired) electrons. The highest BCUT2D eigenvalue weighted by Crippen LogP contribution is 2.40. The average Bonchev–Trinajstić information content (AvgIpc) is 2.48. The molecule has 1 aliphatic carbocycles. The summed E-state index contributed by atoms with van der Waals surface area (Å²) < 4.78 is 15.1. The van der Waals surface area contributed by atoms with E-state index in [2.05, 4.69) is 33.1 Å². The molecular formula is C17H24BrFN2. The first-order valence-corrected chi connectivity index (χ1v) is 8.84. The van der Waals surface area contributed by atoms with E-state index in [1.54, 1.807) is 6.07 Å². The normalized spacial score (nSPS) is 24.1. The van der Waals surface area contributed by atoms with E-state index in [4.69, 9.17) is 0 Å². The van der Waals surface area contributed by atoms with Crippen LogP contribution in [0.15, 0.2) is 22.7 Å². The molecule has 1 spiro atoms. The maximum absolute atomic E-state index is 14.3. The van der Waals surface area contributed by atoms with Gasteiger partial charge in [-0.25, -0.2) is 4.39 Å². The maximum atomic E-state index is 14.3. The predicted molar refractivity (Wildman–Crippen MR) is 87.9 cm³/mol. The van der Waals surface area contributed by atoms with Crippen LogP contribution in [0.5, 0.6) is 0 Å². The molecule has 0 bridgehead atoms. The molecule has 116 valence electrons. The molecule has 1 aromatic rings. The first-order chi connectivity index (χ1) is 10.1. The number of nitrogens with one attached hydrogen (secondary N) is 1. The van der Waals surface area contributed by atoms with Crippen molar-refractivity contribution in [3.8, 4) is 0 Å². The molecule has 1 saturated carbocycles. The average molecular weight is 355 g/mol. The zero-order chi connectivity index (χ0) is 14.9. The third-order valence-corrected chi connectivity index (χ3v) is 5.75. The second-order valence-corrected chi connectivity index (χ2v) is 7.41. The number of hydrogen-bond acceptors (Lipinski definition) is 2. The second-order valence-electron chi connectivity index (χ2n) is 6.50. The standard InChI is InChI=1S/C17H24BrFN2/c1-13(15-6-5-14(18)11-16(15)19)21-10-9-20-12-17(21)7-3-2-4-8-17/h5-6,11,13,20H,2-4,7-10,12H2,1H3. The Morgan fingerprint density at radius 1 is 1.29 bits per heavy atom. The van der Waals surface area contributed by atoms with Crippen molar-refractivity contribution >= 4 is 15.9 Å². The van der Waals surface area contributed by atoms with E-state index < -0.39 is 0 Å². The fraction of sp³-hybridized carbons (Fsp3) is 0.647. The number of rotatable bonds is 2. The van der Waals surface area contributed by atoms with Crippen molar-refractivity contribution in [2.24, 2.45) is 0 Å². The Bertz CT molecular complexity index is 491. The lowest BCUT2D eigenvalue weighted by atomic mass is 9.78. The summed E-state index contributed by atoms with van der Waals surface area (Å²) in [5.41, 5.74) is 1.06. The Morgan fingerprint density at radius 3 is 2.76 bits per heavy atom. The van der Waals surface area contributed by atoms with Gasteiger partial charge in [0.1, 0.15) is 5.82 Å². The molecule has 2 nitrogen and oxygen atoms in total. The van der Waals surface area contributed by atoms with Gasteiger partial charge in [0, 0.05) is 41.3 Å². The van der Waals surface area contributed by atoms with Crippen LogP contribution in [0.3, 0.4) is 0 Å². The van der Waals surface area contributed by atoms with Gasteiger partial charge in [0.25, 0.3) is 0 Å². The van der Waals surface area contributed by atoms with Gasteiger partial charge in [-0.3, -0.25) is 4.90 Å². The fourth-order valence-electron chi connectivity index (χ4n) is 4.15. The van der Waals surface area contributed by atoms with Crippen molar-refractivity contribution in [1.29, 1.82) is 0 Å². The number of benzene rings is 1. The first kappa shape index (κ1) is 15.4. The Balaban J connectivity index is 1.88. The first-order valence-electron chi connectivity index (χ1n) is 8.05. The highest BCUT2D eigenvalue weighted by molar-refractivity contribution is 9.10. The van der Waals surface area contributed by atoms with E-state index >= 15 is 0 Å². The zero-order valence-corrected chi connectivity index (χ0v) is 14.3. The molecule has 1 heterocycles. The summed E-state index contributed by atoms with van der Waals surface area (Å²) in [6.07, 6.45) is 6.42. The lowest BCUT2D eigenvalue weighted by Crippen LogP contribution is -2.62. The van der Waals surface area contributed by atoms with Crippen LogP contribution in [0.1, 0.15) is 50.6 Å². The van der Waals surface area contributed by atoms with Crippen molar-refractivity contribution < 1.29 is 4.39 Å². The smallest absolute Gasteiger partial charge is 0.129 e. The zero-order valence-electron chi connectivity index (χ0n) is 12.7. The van der Waals surface area contributed by atoms with Crippen LogP contribution in [0.4, 0.5) is 4.39 Å². The third kappa shape index (κ3) is 3.03. The SMILES string of the molecule is CC(c1ccc(Br)cc1F)N1CCNCC12CCCCC2. The van der Waals surface area contributed by atoms with Crippen molar-refractivity contribution in [1.82, 2.24) is 10.2 Å². The summed E-state index contributed by atoms with van der Waals surface area (Å²) in [5.74, 6) is -0.0960. The summed E-state index contributed by atoms with van der Waals surface area (Å²) in [6.45, 7) is 5.23. The van der Waals surface area contributed by atoms with E-state index in [1.165, 1.54) is 32.1 Å². The molecule has 1 aromatic carbocycles. The summed E-state index contributed by atoms with van der Waals surface area (Å²) in [5, 5.41) is 3.56. The lowest BCUT2D eigenvalue weighted by Gasteiger charge is -2.52. The quantitative estimate of drug-likeness (QED) is 0.853. The molecular weight excluding hydrogens is 331 g/mol. The molecule has 0 amide bonds. The van der Waals surface area contributed by atoms with E-state index in [0.717, 1.165) is 29.7 Å². The molecule has 0 aromatic heterocycles. The molecule has 21 heavy (non-hydrogen) atoms. The van der Waals surface area contributed by atoms with E-state index in [1.807, 2.05) is 12.1 Å². The second kappa shape index (κ2) is 6.35. The van der Waals surface area contributed by atoms with E-state index in [9.17, 15) is 4.39 Å². The van der Waals surface area contributed by atoms with Crippen molar-refractivity contribution in [3.05, 3.63) is 34.1 Å². The van der Waals surface area contributed by atoms with Crippen LogP contribution >= 0.6 is 15.9 Å². The summed E-state index contributed by atoms with van der Waals surface area (Å²) in [7, 11) is 0. The van der Waals surface area contributed by atoms with Crippen LogP contribution in [0, 0.1) is 5.82 Å². The minimum atomic E-state index is -0.0960. The Hall–Kier alpha value is -0.450. The molecule has 1 aliphatic heterocycles. The molecule has 2 aliphatic rings. The molecule has 1 atom stereocenters. The van der Waals surface area contributed by atoms with Gasteiger partial charge >= 0.3 is 0 Å². The fourth-order valence-corrected chi connectivity index (χ4v) is 4.48. The van der Waals surface area contributed by atoms with Crippen molar-refractivity contribution in [3.63, 3.8) is 0 Å². The van der Waals surface area contributed by atoms with Gasteiger partial charge in [0.2, 0.25) is 0 Å². The van der Waals surface area contributed by atoms with Gasteiger partial charge in [0.15, 0.2) is 0 Å². The topological polar surface area (TPSA) is 15.3 Å². The highest BCUT2D eigenvalue weighted by Gasteiger charge is 2.42. The van der Waals surface area contributed by atoms with Gasteiger partial charge in [0.05, 0.1) is 0 Å². The van der Waals surface area contributed by atoms with Gasteiger partial charge in [-0.05, 0) is 31.9 Å². The van der Waals surface area contributed by atoms with E-state index in [0.29, 0.717) is 0 Å². The summed E-state index contributed by atoms with van der Waals surface area (Å²) in [4.78, 5) is 2.56. The van der Waals surface area contributed by atoms with E-state index in [-0.39, 0.29) is 17.4 Å². The number of halogens is 2. The van der Waals surface area contributed by atoms with Crippen LogP contribution in [-0.4, -0.2) is 30.1 Å². The van der Waals surface area contributed by atoms with Crippen LogP contribution in [-0.2, 0) is 0 Å². The lowest BCUT2D eigenvalue weighted by molar-refractivity contribution is -0.00374.